The van der Waals surface area contributed by atoms with Crippen molar-refractivity contribution in [2.75, 3.05) is 13.2 Å². The van der Waals surface area contributed by atoms with Crippen molar-refractivity contribution < 1.29 is 9.90 Å². The van der Waals surface area contributed by atoms with Gasteiger partial charge in [0.1, 0.15) is 5.70 Å². The standard InChI is InChI=1S/C16H16N2O3/c19-11-9-17-16(21)14(12-13-6-2-1-3-7-13)18-10-5-4-8-15(18)20/h1-8,10,12,19H,9,11H2,(H,17,21)/b14-12+. The highest BCUT2D eigenvalue weighted by Crippen LogP contribution is 2.10. The molecule has 5 nitrogen and oxygen atoms in total. The predicted octanol–water partition coefficient (Wildman–Crippen LogP) is 0.955. The lowest BCUT2D eigenvalue weighted by atomic mass is 10.2. The SMILES string of the molecule is O=C(NCCO)/C(=C\c1ccccc1)n1ccccc1=O. The van der Waals surface area contributed by atoms with E-state index in [4.69, 9.17) is 5.11 Å². The van der Waals surface area contributed by atoms with E-state index in [9.17, 15) is 9.59 Å². The first-order chi connectivity index (χ1) is 10.2. The average Bonchev–Trinajstić information content (AvgIpc) is 2.52. The molecule has 0 radical (unpaired) electrons. The summed E-state index contributed by atoms with van der Waals surface area (Å²) in [4.78, 5) is 24.1. The zero-order valence-corrected chi connectivity index (χ0v) is 11.4. The Morgan fingerprint density at radius 1 is 1.14 bits per heavy atom. The normalized spacial score (nSPS) is 11.2. The first-order valence-corrected chi connectivity index (χ1v) is 6.56. The molecule has 0 bridgehead atoms. The van der Waals surface area contributed by atoms with Crippen molar-refractivity contribution in [2.45, 2.75) is 0 Å². The average molecular weight is 284 g/mol. The van der Waals surface area contributed by atoms with Gasteiger partial charge in [-0.25, -0.2) is 0 Å². The molecule has 1 amide bonds. The Balaban J connectivity index is 2.45. The van der Waals surface area contributed by atoms with E-state index in [1.54, 1.807) is 18.2 Å². The van der Waals surface area contributed by atoms with Crippen LogP contribution in [0, 0.1) is 0 Å². The van der Waals surface area contributed by atoms with Crippen LogP contribution in [-0.2, 0) is 4.79 Å². The summed E-state index contributed by atoms with van der Waals surface area (Å²) >= 11 is 0. The molecular weight excluding hydrogens is 268 g/mol. The van der Waals surface area contributed by atoms with Crippen LogP contribution in [0.15, 0.2) is 59.5 Å². The summed E-state index contributed by atoms with van der Waals surface area (Å²) in [6, 6.07) is 13.9. The maximum atomic E-state index is 12.2. The molecule has 1 aromatic carbocycles. The number of carbonyl (C=O) groups excluding carboxylic acids is 1. The van der Waals surface area contributed by atoms with Crippen LogP contribution in [0.4, 0.5) is 0 Å². The maximum Gasteiger partial charge on any atom is 0.268 e. The Bertz CT molecular complexity index is 690. The van der Waals surface area contributed by atoms with Crippen LogP contribution in [0.2, 0.25) is 0 Å². The number of hydrogen-bond donors (Lipinski definition) is 2. The molecule has 0 unspecified atom stereocenters. The van der Waals surface area contributed by atoms with Gasteiger partial charge in [-0.15, -0.1) is 0 Å². The number of aliphatic hydroxyl groups excluding tert-OH is 1. The third-order valence-electron chi connectivity index (χ3n) is 2.81. The van der Waals surface area contributed by atoms with Crippen LogP contribution in [0.3, 0.4) is 0 Å². The van der Waals surface area contributed by atoms with Gasteiger partial charge in [-0.2, -0.15) is 0 Å². The largest absolute Gasteiger partial charge is 0.395 e. The summed E-state index contributed by atoms with van der Waals surface area (Å²) in [5.74, 6) is -0.416. The zero-order chi connectivity index (χ0) is 15.1. The Kier molecular flexibility index (Phi) is 5.06. The number of benzene rings is 1. The summed E-state index contributed by atoms with van der Waals surface area (Å²) in [5.41, 5.74) is 0.724. The molecule has 2 N–H and O–H groups in total. The fraction of sp³-hybridized carbons (Fsp3) is 0.125. The van der Waals surface area contributed by atoms with Crippen LogP contribution in [0.1, 0.15) is 5.56 Å². The number of rotatable bonds is 5. The number of amides is 1. The van der Waals surface area contributed by atoms with Crippen molar-refractivity contribution in [2.24, 2.45) is 0 Å². The minimum atomic E-state index is -0.416. The number of pyridine rings is 1. The molecule has 2 rings (SSSR count). The second kappa shape index (κ2) is 7.21. The molecule has 2 aromatic rings. The first kappa shape index (κ1) is 14.7. The zero-order valence-electron chi connectivity index (χ0n) is 11.4. The second-order valence-electron chi connectivity index (χ2n) is 4.33. The molecule has 0 atom stereocenters. The number of nitrogens with one attached hydrogen (secondary N) is 1. The lowest BCUT2D eigenvalue weighted by Crippen LogP contribution is -2.32. The van der Waals surface area contributed by atoms with E-state index in [0.29, 0.717) is 0 Å². The van der Waals surface area contributed by atoms with E-state index < -0.39 is 5.91 Å². The van der Waals surface area contributed by atoms with Crippen LogP contribution >= 0.6 is 0 Å². The number of hydrogen-bond acceptors (Lipinski definition) is 3. The van der Waals surface area contributed by atoms with Crippen molar-refractivity contribution in [3.8, 4) is 0 Å². The van der Waals surface area contributed by atoms with Gasteiger partial charge in [0.2, 0.25) is 0 Å². The summed E-state index contributed by atoms with van der Waals surface area (Å²) in [5, 5.41) is 11.4. The second-order valence-corrected chi connectivity index (χ2v) is 4.33. The quantitative estimate of drug-likeness (QED) is 0.803. The lowest BCUT2D eigenvalue weighted by molar-refractivity contribution is -0.116. The van der Waals surface area contributed by atoms with E-state index >= 15 is 0 Å². The lowest BCUT2D eigenvalue weighted by Gasteiger charge is -2.10. The summed E-state index contributed by atoms with van der Waals surface area (Å²) in [7, 11) is 0. The molecular formula is C16H16N2O3. The van der Waals surface area contributed by atoms with E-state index in [2.05, 4.69) is 5.32 Å². The third-order valence-corrected chi connectivity index (χ3v) is 2.81. The molecule has 0 saturated carbocycles. The minimum absolute atomic E-state index is 0.131. The first-order valence-electron chi connectivity index (χ1n) is 6.56. The van der Waals surface area contributed by atoms with Crippen molar-refractivity contribution in [1.82, 2.24) is 9.88 Å². The molecule has 0 aliphatic heterocycles. The van der Waals surface area contributed by atoms with Crippen molar-refractivity contribution in [3.05, 3.63) is 70.6 Å². The molecule has 1 aromatic heterocycles. The van der Waals surface area contributed by atoms with Gasteiger partial charge in [-0.1, -0.05) is 36.4 Å². The fourth-order valence-electron chi connectivity index (χ4n) is 1.84. The Hall–Kier alpha value is -2.66. The number of nitrogens with zero attached hydrogens (tertiary/aromatic N) is 1. The molecule has 0 saturated heterocycles. The van der Waals surface area contributed by atoms with Gasteiger partial charge >= 0.3 is 0 Å². The van der Waals surface area contributed by atoms with E-state index in [-0.39, 0.29) is 24.4 Å². The van der Waals surface area contributed by atoms with Gasteiger partial charge in [0.25, 0.3) is 11.5 Å². The molecule has 108 valence electrons. The smallest absolute Gasteiger partial charge is 0.268 e. The number of aromatic nitrogens is 1. The van der Waals surface area contributed by atoms with Crippen molar-refractivity contribution in [3.63, 3.8) is 0 Å². The van der Waals surface area contributed by atoms with Crippen LogP contribution in [0.25, 0.3) is 11.8 Å². The van der Waals surface area contributed by atoms with Gasteiger partial charge in [0.05, 0.1) is 6.61 Å². The molecule has 5 heteroatoms. The monoisotopic (exact) mass is 284 g/mol. The third kappa shape index (κ3) is 3.90. The Morgan fingerprint density at radius 3 is 2.52 bits per heavy atom. The maximum absolute atomic E-state index is 12.2. The molecule has 0 spiro atoms. The summed E-state index contributed by atoms with van der Waals surface area (Å²) < 4.78 is 1.28. The van der Waals surface area contributed by atoms with Crippen LogP contribution < -0.4 is 10.9 Å². The van der Waals surface area contributed by atoms with E-state index in [1.165, 1.54) is 16.8 Å². The molecule has 0 aliphatic rings. The molecule has 21 heavy (non-hydrogen) atoms. The predicted molar refractivity (Wildman–Crippen MR) is 81.4 cm³/mol. The number of aliphatic hydroxyl groups is 1. The topological polar surface area (TPSA) is 71.3 Å². The highest BCUT2D eigenvalue weighted by molar-refractivity contribution is 6.18. The van der Waals surface area contributed by atoms with Crippen molar-refractivity contribution >= 4 is 17.7 Å². The molecule has 0 aliphatic carbocycles. The Morgan fingerprint density at radius 2 is 1.86 bits per heavy atom. The van der Waals surface area contributed by atoms with E-state index in [1.807, 2.05) is 30.3 Å². The van der Waals surface area contributed by atoms with Gasteiger partial charge in [-0.3, -0.25) is 14.2 Å². The molecule has 0 fully saturated rings. The van der Waals surface area contributed by atoms with Crippen LogP contribution in [-0.4, -0.2) is 28.7 Å². The number of carbonyl (C=O) groups is 1. The highest BCUT2D eigenvalue weighted by atomic mass is 16.3. The summed E-state index contributed by atoms with van der Waals surface area (Å²) in [6.07, 6.45) is 3.17. The Labute approximate surface area is 122 Å². The molecule has 1 heterocycles. The van der Waals surface area contributed by atoms with Gasteiger partial charge in [0.15, 0.2) is 0 Å². The fourth-order valence-corrected chi connectivity index (χ4v) is 1.84. The summed E-state index contributed by atoms with van der Waals surface area (Å²) in [6.45, 7) is -0.0272. The van der Waals surface area contributed by atoms with Gasteiger partial charge in [0, 0.05) is 18.8 Å². The van der Waals surface area contributed by atoms with Gasteiger partial charge in [-0.05, 0) is 17.7 Å². The van der Waals surface area contributed by atoms with Crippen LogP contribution in [0.5, 0.6) is 0 Å². The van der Waals surface area contributed by atoms with Gasteiger partial charge < -0.3 is 10.4 Å². The van der Waals surface area contributed by atoms with Crippen molar-refractivity contribution in [1.29, 1.82) is 0 Å². The highest BCUT2D eigenvalue weighted by Gasteiger charge is 2.12. The van der Waals surface area contributed by atoms with E-state index in [0.717, 1.165) is 5.56 Å². The minimum Gasteiger partial charge on any atom is -0.395 e.